The minimum absolute atomic E-state index is 0.0210. The first-order valence-electron chi connectivity index (χ1n) is 6.50. The zero-order valence-electron chi connectivity index (χ0n) is 12.1. The molecule has 108 valence electrons. The summed E-state index contributed by atoms with van der Waals surface area (Å²) in [5.74, 6) is -1.10. The summed E-state index contributed by atoms with van der Waals surface area (Å²) >= 11 is 0. The van der Waals surface area contributed by atoms with Gasteiger partial charge in [0.2, 0.25) is 0 Å². The smallest absolute Gasteiger partial charge is 0.149 e. The Morgan fingerprint density at radius 3 is 2.11 bits per heavy atom. The van der Waals surface area contributed by atoms with Gasteiger partial charge in [0.05, 0.1) is 0 Å². The Balaban J connectivity index is 3.11. The van der Waals surface area contributed by atoms with E-state index in [1.807, 2.05) is 32.8 Å². The predicted molar refractivity (Wildman–Crippen MR) is 75.3 cm³/mol. The van der Waals surface area contributed by atoms with Crippen molar-refractivity contribution in [1.82, 2.24) is 4.90 Å². The molecule has 0 amide bonds. The van der Waals surface area contributed by atoms with Gasteiger partial charge in [-0.05, 0) is 45.6 Å². The lowest BCUT2D eigenvalue weighted by atomic mass is 10.1. The monoisotopic (exact) mass is 271 g/mol. The van der Waals surface area contributed by atoms with E-state index in [1.165, 1.54) is 12.1 Å². The van der Waals surface area contributed by atoms with Crippen LogP contribution in [0.4, 0.5) is 14.5 Å². The van der Waals surface area contributed by atoms with Gasteiger partial charge in [-0.3, -0.25) is 0 Å². The van der Waals surface area contributed by atoms with Gasteiger partial charge in [-0.25, -0.2) is 8.78 Å². The van der Waals surface area contributed by atoms with Gasteiger partial charge in [0.15, 0.2) is 0 Å². The highest BCUT2D eigenvalue weighted by Gasteiger charge is 2.21. The lowest BCUT2D eigenvalue weighted by Gasteiger charge is -2.32. The van der Waals surface area contributed by atoms with Crippen molar-refractivity contribution < 1.29 is 8.78 Å². The van der Waals surface area contributed by atoms with Crippen LogP contribution in [0.15, 0.2) is 12.1 Å². The van der Waals surface area contributed by atoms with E-state index in [2.05, 4.69) is 0 Å². The molecule has 0 bridgehead atoms. The molecule has 1 rings (SSSR count). The summed E-state index contributed by atoms with van der Waals surface area (Å²) < 4.78 is 28.2. The second kappa shape index (κ2) is 6.82. The van der Waals surface area contributed by atoms with E-state index in [0.29, 0.717) is 12.1 Å². The van der Waals surface area contributed by atoms with Gasteiger partial charge in [0.25, 0.3) is 0 Å². The molecule has 0 saturated carbocycles. The molecular weight excluding hydrogens is 248 g/mol. The molecule has 0 aromatic heterocycles. The van der Waals surface area contributed by atoms with Crippen LogP contribution in [0, 0.1) is 11.6 Å². The fourth-order valence-electron chi connectivity index (χ4n) is 2.33. The quantitative estimate of drug-likeness (QED) is 0.861. The molecular formula is C14H23F2N3. The molecule has 1 aromatic carbocycles. The summed E-state index contributed by atoms with van der Waals surface area (Å²) in [7, 11) is 3.88. The fraction of sp³-hybridized carbons (Fsp3) is 0.571. The Kier molecular flexibility index (Phi) is 5.69. The lowest BCUT2D eigenvalue weighted by Crippen LogP contribution is -2.41. The number of nitrogens with two attached hydrogens (primary N) is 1. The standard InChI is InChI=1S/C14H23F2N3/c1-5-19(10(2)9-18(3)4)14-12(15)6-11(8-17)7-13(14)16/h6-7,10H,5,8-9,17H2,1-4H3. The Morgan fingerprint density at radius 2 is 1.74 bits per heavy atom. The van der Waals surface area contributed by atoms with Crippen molar-refractivity contribution in [2.24, 2.45) is 5.73 Å². The van der Waals surface area contributed by atoms with Gasteiger partial charge in [0, 0.05) is 25.7 Å². The maximum Gasteiger partial charge on any atom is 0.149 e. The molecule has 0 aliphatic heterocycles. The van der Waals surface area contributed by atoms with E-state index in [-0.39, 0.29) is 18.3 Å². The third kappa shape index (κ3) is 3.88. The zero-order valence-corrected chi connectivity index (χ0v) is 12.1. The third-order valence-electron chi connectivity index (χ3n) is 3.10. The first-order chi connectivity index (χ1) is 8.90. The Hall–Kier alpha value is -1.20. The van der Waals surface area contributed by atoms with Crippen molar-refractivity contribution in [3.63, 3.8) is 0 Å². The average molecular weight is 271 g/mol. The Morgan fingerprint density at radius 1 is 1.21 bits per heavy atom. The molecule has 1 aromatic rings. The fourth-order valence-corrected chi connectivity index (χ4v) is 2.33. The SMILES string of the molecule is CCN(c1c(F)cc(CN)cc1F)C(C)CN(C)C. The number of anilines is 1. The minimum Gasteiger partial charge on any atom is -0.363 e. The van der Waals surface area contributed by atoms with Gasteiger partial charge in [0.1, 0.15) is 17.3 Å². The maximum absolute atomic E-state index is 14.1. The summed E-state index contributed by atoms with van der Waals surface area (Å²) in [6.07, 6.45) is 0. The van der Waals surface area contributed by atoms with Crippen molar-refractivity contribution in [2.45, 2.75) is 26.4 Å². The number of likely N-dealkylation sites (N-methyl/N-ethyl adjacent to an activating group) is 2. The average Bonchev–Trinajstić information content (AvgIpc) is 2.32. The van der Waals surface area contributed by atoms with Crippen molar-refractivity contribution in [2.75, 3.05) is 32.1 Å². The van der Waals surface area contributed by atoms with Crippen LogP contribution >= 0.6 is 0 Å². The normalized spacial score (nSPS) is 12.8. The number of benzene rings is 1. The van der Waals surface area contributed by atoms with Crippen LogP contribution in [0.5, 0.6) is 0 Å². The molecule has 1 atom stereocenters. The van der Waals surface area contributed by atoms with E-state index in [1.54, 1.807) is 4.90 Å². The zero-order chi connectivity index (χ0) is 14.6. The maximum atomic E-state index is 14.1. The highest BCUT2D eigenvalue weighted by molar-refractivity contribution is 5.51. The van der Waals surface area contributed by atoms with Crippen LogP contribution in [0.25, 0.3) is 0 Å². The predicted octanol–water partition coefficient (Wildman–Crippen LogP) is 2.20. The molecule has 0 aliphatic carbocycles. The third-order valence-corrected chi connectivity index (χ3v) is 3.10. The number of rotatable bonds is 6. The highest BCUT2D eigenvalue weighted by Crippen LogP contribution is 2.26. The summed E-state index contributed by atoms with van der Waals surface area (Å²) in [4.78, 5) is 3.74. The number of hydrogen-bond donors (Lipinski definition) is 1. The van der Waals surface area contributed by atoms with Crippen molar-refractivity contribution in [3.8, 4) is 0 Å². The first kappa shape index (κ1) is 15.9. The van der Waals surface area contributed by atoms with Gasteiger partial charge in [-0.1, -0.05) is 0 Å². The summed E-state index contributed by atoms with van der Waals surface area (Å²) in [5.41, 5.74) is 5.92. The Bertz CT molecular complexity index is 398. The molecule has 2 N–H and O–H groups in total. The highest BCUT2D eigenvalue weighted by atomic mass is 19.1. The van der Waals surface area contributed by atoms with Gasteiger partial charge >= 0.3 is 0 Å². The van der Waals surface area contributed by atoms with Crippen LogP contribution in [-0.4, -0.2) is 38.1 Å². The van der Waals surface area contributed by atoms with Crippen molar-refractivity contribution in [1.29, 1.82) is 0 Å². The van der Waals surface area contributed by atoms with E-state index in [4.69, 9.17) is 5.73 Å². The van der Waals surface area contributed by atoms with Gasteiger partial charge in [-0.2, -0.15) is 0 Å². The molecule has 5 heteroatoms. The Labute approximate surface area is 114 Å². The van der Waals surface area contributed by atoms with Gasteiger partial charge < -0.3 is 15.5 Å². The molecule has 0 radical (unpaired) electrons. The first-order valence-corrected chi connectivity index (χ1v) is 6.50. The number of hydrogen-bond acceptors (Lipinski definition) is 3. The van der Waals surface area contributed by atoms with E-state index >= 15 is 0 Å². The van der Waals surface area contributed by atoms with Crippen LogP contribution in [0.2, 0.25) is 0 Å². The molecule has 0 saturated heterocycles. The van der Waals surface area contributed by atoms with E-state index < -0.39 is 11.6 Å². The van der Waals surface area contributed by atoms with Crippen LogP contribution in [0.3, 0.4) is 0 Å². The second-order valence-electron chi connectivity index (χ2n) is 5.01. The van der Waals surface area contributed by atoms with Gasteiger partial charge in [-0.15, -0.1) is 0 Å². The summed E-state index contributed by atoms with van der Waals surface area (Å²) in [6, 6.07) is 2.64. The van der Waals surface area contributed by atoms with E-state index in [0.717, 1.165) is 6.54 Å². The molecule has 0 fully saturated rings. The minimum atomic E-state index is -0.548. The second-order valence-corrected chi connectivity index (χ2v) is 5.01. The summed E-state index contributed by atoms with van der Waals surface area (Å²) in [6.45, 7) is 5.25. The van der Waals surface area contributed by atoms with Crippen LogP contribution < -0.4 is 10.6 Å². The number of halogens is 2. The molecule has 1 unspecified atom stereocenters. The molecule has 19 heavy (non-hydrogen) atoms. The van der Waals surface area contributed by atoms with E-state index in [9.17, 15) is 8.78 Å². The molecule has 0 aliphatic rings. The molecule has 0 heterocycles. The van der Waals surface area contributed by atoms with Crippen LogP contribution in [-0.2, 0) is 6.54 Å². The van der Waals surface area contributed by atoms with Crippen molar-refractivity contribution >= 4 is 5.69 Å². The largest absolute Gasteiger partial charge is 0.363 e. The molecule has 0 spiro atoms. The topological polar surface area (TPSA) is 32.5 Å². The molecule has 3 nitrogen and oxygen atoms in total. The van der Waals surface area contributed by atoms with Crippen LogP contribution in [0.1, 0.15) is 19.4 Å². The lowest BCUT2D eigenvalue weighted by molar-refractivity contribution is 0.370. The summed E-state index contributed by atoms with van der Waals surface area (Å²) in [5, 5.41) is 0. The number of nitrogens with zero attached hydrogens (tertiary/aromatic N) is 2. The van der Waals surface area contributed by atoms with Crippen molar-refractivity contribution in [3.05, 3.63) is 29.3 Å².